The lowest BCUT2D eigenvalue weighted by Gasteiger charge is -2.29. The van der Waals surface area contributed by atoms with Crippen LogP contribution in [0.5, 0.6) is 11.5 Å². The van der Waals surface area contributed by atoms with E-state index < -0.39 is 0 Å². The van der Waals surface area contributed by atoms with Gasteiger partial charge in [-0.2, -0.15) is 5.26 Å². The fourth-order valence-corrected chi connectivity index (χ4v) is 2.48. The van der Waals surface area contributed by atoms with E-state index in [-0.39, 0.29) is 18.6 Å². The van der Waals surface area contributed by atoms with Crippen LogP contribution >= 0.6 is 0 Å². The second kappa shape index (κ2) is 4.81. The summed E-state index contributed by atoms with van der Waals surface area (Å²) in [6.07, 6.45) is 1.76. The Labute approximate surface area is 111 Å². The molecule has 1 aromatic rings. The van der Waals surface area contributed by atoms with Gasteiger partial charge in [-0.15, -0.1) is 0 Å². The first-order valence-electron chi connectivity index (χ1n) is 6.36. The van der Waals surface area contributed by atoms with Gasteiger partial charge >= 0.3 is 0 Å². The van der Waals surface area contributed by atoms with E-state index in [1.54, 1.807) is 23.1 Å². The summed E-state index contributed by atoms with van der Waals surface area (Å²) in [5.41, 5.74) is 0.586. The summed E-state index contributed by atoms with van der Waals surface area (Å²) in [7, 11) is 0. The third kappa shape index (κ3) is 2.22. The molecule has 2 aliphatic heterocycles. The quantitative estimate of drug-likeness (QED) is 0.770. The molecule has 2 aliphatic rings. The Morgan fingerprint density at radius 1 is 1.37 bits per heavy atom. The summed E-state index contributed by atoms with van der Waals surface area (Å²) in [6, 6.07) is 7.45. The van der Waals surface area contributed by atoms with E-state index in [9.17, 15) is 4.79 Å². The van der Waals surface area contributed by atoms with Crippen molar-refractivity contribution >= 4 is 5.91 Å². The number of benzene rings is 1. The lowest BCUT2D eigenvalue weighted by molar-refractivity contribution is 0.0698. The van der Waals surface area contributed by atoms with Crippen LogP contribution in [0.15, 0.2) is 18.2 Å². The molecule has 1 saturated heterocycles. The molecule has 0 N–H and O–H groups in total. The van der Waals surface area contributed by atoms with Crippen LogP contribution in [-0.4, -0.2) is 30.7 Å². The summed E-state index contributed by atoms with van der Waals surface area (Å²) < 4.78 is 10.5. The van der Waals surface area contributed by atoms with Crippen molar-refractivity contribution in [3.05, 3.63) is 23.8 Å². The monoisotopic (exact) mass is 258 g/mol. The minimum atomic E-state index is -0.0493. The molecule has 0 aromatic heterocycles. The van der Waals surface area contributed by atoms with Gasteiger partial charge in [0, 0.05) is 18.7 Å². The van der Waals surface area contributed by atoms with Crippen LogP contribution in [-0.2, 0) is 0 Å². The van der Waals surface area contributed by atoms with Gasteiger partial charge in [-0.1, -0.05) is 0 Å². The zero-order valence-electron chi connectivity index (χ0n) is 10.5. The lowest BCUT2D eigenvalue weighted by atomic mass is 9.99. The van der Waals surface area contributed by atoms with Crippen molar-refractivity contribution in [3.63, 3.8) is 0 Å². The molecular weight excluding hydrogens is 244 g/mol. The van der Waals surface area contributed by atoms with E-state index in [2.05, 4.69) is 6.07 Å². The first kappa shape index (κ1) is 11.8. The average molecular weight is 258 g/mol. The van der Waals surface area contributed by atoms with Crippen molar-refractivity contribution in [2.45, 2.75) is 12.8 Å². The second-order valence-electron chi connectivity index (χ2n) is 4.79. The Bertz CT molecular complexity index is 550. The molecule has 0 saturated carbocycles. The van der Waals surface area contributed by atoms with Crippen molar-refractivity contribution < 1.29 is 14.3 Å². The number of carbonyl (C=O) groups is 1. The summed E-state index contributed by atoms with van der Waals surface area (Å²) in [5, 5.41) is 8.96. The number of nitriles is 1. The highest BCUT2D eigenvalue weighted by molar-refractivity contribution is 5.95. The van der Waals surface area contributed by atoms with Gasteiger partial charge in [-0.05, 0) is 31.0 Å². The van der Waals surface area contributed by atoms with Gasteiger partial charge in [0.05, 0.1) is 12.0 Å². The minimum absolute atomic E-state index is 0.0433. The first-order chi connectivity index (χ1) is 9.28. The molecule has 5 heteroatoms. The average Bonchev–Trinajstić information content (AvgIpc) is 2.94. The summed E-state index contributed by atoms with van der Waals surface area (Å²) in [5.74, 6) is 1.19. The summed E-state index contributed by atoms with van der Waals surface area (Å²) in [6.45, 7) is 1.43. The van der Waals surface area contributed by atoms with Gasteiger partial charge in [0.15, 0.2) is 11.5 Å². The first-order valence-corrected chi connectivity index (χ1v) is 6.36. The standard InChI is InChI=1S/C14H14N2O3/c15-7-10-2-1-5-16(8-10)14(17)11-3-4-12-13(6-11)19-9-18-12/h3-4,6,10H,1-2,5,8-9H2. The maximum Gasteiger partial charge on any atom is 0.254 e. The normalized spacial score (nSPS) is 21.0. The number of likely N-dealkylation sites (tertiary alicyclic amines) is 1. The van der Waals surface area contributed by atoms with Crippen LogP contribution in [0.3, 0.4) is 0 Å². The van der Waals surface area contributed by atoms with Crippen molar-refractivity contribution in [2.75, 3.05) is 19.9 Å². The smallest absolute Gasteiger partial charge is 0.254 e. The Morgan fingerprint density at radius 3 is 3.05 bits per heavy atom. The van der Waals surface area contributed by atoms with Gasteiger partial charge in [0.2, 0.25) is 6.79 Å². The summed E-state index contributed by atoms with van der Waals surface area (Å²) >= 11 is 0. The van der Waals surface area contributed by atoms with Crippen molar-refractivity contribution in [1.82, 2.24) is 4.90 Å². The topological polar surface area (TPSA) is 62.6 Å². The SMILES string of the molecule is N#CC1CCCN(C(=O)c2ccc3c(c2)OCO3)C1. The van der Waals surface area contributed by atoms with Gasteiger partial charge in [0.1, 0.15) is 0 Å². The molecule has 0 spiro atoms. The molecule has 1 unspecified atom stereocenters. The fourth-order valence-electron chi connectivity index (χ4n) is 2.48. The van der Waals surface area contributed by atoms with Crippen molar-refractivity contribution in [2.24, 2.45) is 5.92 Å². The molecule has 1 amide bonds. The molecule has 0 aliphatic carbocycles. The van der Waals surface area contributed by atoms with E-state index in [4.69, 9.17) is 14.7 Å². The van der Waals surface area contributed by atoms with Crippen LogP contribution in [0.25, 0.3) is 0 Å². The Hall–Kier alpha value is -2.22. The summed E-state index contributed by atoms with van der Waals surface area (Å²) in [4.78, 5) is 14.1. The van der Waals surface area contributed by atoms with Crippen LogP contribution in [0.4, 0.5) is 0 Å². The maximum absolute atomic E-state index is 12.4. The minimum Gasteiger partial charge on any atom is -0.454 e. The van der Waals surface area contributed by atoms with Gasteiger partial charge in [0.25, 0.3) is 5.91 Å². The fraction of sp³-hybridized carbons (Fsp3) is 0.429. The molecular formula is C14H14N2O3. The molecule has 19 heavy (non-hydrogen) atoms. The van der Waals surface area contributed by atoms with Gasteiger partial charge in [-0.3, -0.25) is 4.79 Å². The lowest BCUT2D eigenvalue weighted by Crippen LogP contribution is -2.39. The predicted octanol–water partition coefficient (Wildman–Crippen LogP) is 1.79. The zero-order chi connectivity index (χ0) is 13.2. The number of rotatable bonds is 1. The van der Waals surface area contributed by atoms with Crippen LogP contribution < -0.4 is 9.47 Å². The molecule has 0 radical (unpaired) electrons. The zero-order valence-corrected chi connectivity index (χ0v) is 10.5. The number of piperidine rings is 1. The third-order valence-electron chi connectivity index (χ3n) is 3.51. The van der Waals surface area contributed by atoms with Gasteiger partial charge in [-0.25, -0.2) is 0 Å². The molecule has 2 heterocycles. The molecule has 1 fully saturated rings. The Kier molecular flexibility index (Phi) is 3.00. The van der Waals surface area contributed by atoms with E-state index in [1.807, 2.05) is 0 Å². The maximum atomic E-state index is 12.4. The highest BCUT2D eigenvalue weighted by Gasteiger charge is 2.25. The van der Waals surface area contributed by atoms with E-state index >= 15 is 0 Å². The number of amides is 1. The van der Waals surface area contributed by atoms with Crippen molar-refractivity contribution in [1.29, 1.82) is 5.26 Å². The molecule has 5 nitrogen and oxygen atoms in total. The molecule has 1 aromatic carbocycles. The number of ether oxygens (including phenoxy) is 2. The largest absolute Gasteiger partial charge is 0.454 e. The molecule has 1 atom stereocenters. The van der Waals surface area contributed by atoms with Crippen LogP contribution in [0.1, 0.15) is 23.2 Å². The van der Waals surface area contributed by atoms with E-state index in [1.165, 1.54) is 0 Å². The number of nitrogens with zero attached hydrogens (tertiary/aromatic N) is 2. The second-order valence-corrected chi connectivity index (χ2v) is 4.79. The van der Waals surface area contributed by atoms with E-state index in [0.29, 0.717) is 30.2 Å². The number of fused-ring (bicyclic) bond motifs is 1. The highest BCUT2D eigenvalue weighted by atomic mass is 16.7. The number of carbonyl (C=O) groups excluding carboxylic acids is 1. The molecule has 3 rings (SSSR count). The number of hydrogen-bond donors (Lipinski definition) is 0. The number of hydrogen-bond acceptors (Lipinski definition) is 4. The third-order valence-corrected chi connectivity index (χ3v) is 3.51. The van der Waals surface area contributed by atoms with E-state index in [0.717, 1.165) is 12.8 Å². The predicted molar refractivity (Wildman–Crippen MR) is 66.8 cm³/mol. The van der Waals surface area contributed by atoms with Crippen molar-refractivity contribution in [3.8, 4) is 17.6 Å². The van der Waals surface area contributed by atoms with Gasteiger partial charge < -0.3 is 14.4 Å². The Morgan fingerprint density at radius 2 is 2.21 bits per heavy atom. The van der Waals surface area contributed by atoms with Crippen LogP contribution in [0.2, 0.25) is 0 Å². The molecule has 98 valence electrons. The highest BCUT2D eigenvalue weighted by Crippen LogP contribution is 2.33. The Balaban J connectivity index is 1.78. The molecule has 0 bridgehead atoms. The van der Waals surface area contributed by atoms with Crippen LogP contribution in [0, 0.1) is 17.2 Å².